The Morgan fingerprint density at radius 3 is 1.89 bits per heavy atom. The van der Waals surface area contributed by atoms with Crippen LogP contribution < -0.4 is 0 Å². The second-order valence-corrected chi connectivity index (χ2v) is 13.1. The van der Waals surface area contributed by atoms with Gasteiger partial charge in [-0.1, -0.05) is 98.8 Å². The Morgan fingerprint density at radius 1 is 0.489 bits per heavy atom. The van der Waals surface area contributed by atoms with Crippen LogP contribution in [0, 0.1) is 0 Å². The number of imidazole rings is 1. The maximum absolute atomic E-state index is 13.8. The third kappa shape index (κ3) is 3.35. The number of nitrogens with zero attached hydrogens (tertiary/aromatic N) is 3. The van der Waals surface area contributed by atoms with E-state index >= 15 is 0 Å². The number of para-hydroxylation sites is 2. The fourth-order valence-corrected chi connectivity index (χ4v) is 8.02. The van der Waals surface area contributed by atoms with E-state index in [-0.39, 0.29) is 17.0 Å². The molecule has 2 aromatic heterocycles. The lowest BCUT2D eigenvalue weighted by molar-refractivity contribution is 0.0979. The first-order chi connectivity index (χ1) is 22.9. The van der Waals surface area contributed by atoms with Gasteiger partial charge in [-0.2, -0.15) is 0 Å². The van der Waals surface area contributed by atoms with Gasteiger partial charge in [-0.15, -0.1) is 0 Å². The summed E-state index contributed by atoms with van der Waals surface area (Å²) < 4.78 is 4.36. The average Bonchev–Trinajstić information content (AvgIpc) is 3.71. The van der Waals surface area contributed by atoms with Gasteiger partial charge in [-0.25, -0.2) is 4.98 Å². The van der Waals surface area contributed by atoms with Crippen molar-refractivity contribution in [1.29, 1.82) is 0 Å². The minimum Gasteiger partial charge on any atom is -0.289 e. The highest BCUT2D eigenvalue weighted by Gasteiger charge is 2.37. The molecule has 0 atom stereocenters. The molecule has 0 spiro atoms. The minimum absolute atomic E-state index is 0.145. The summed E-state index contributed by atoms with van der Waals surface area (Å²) in [5, 5.41) is 2.29. The van der Waals surface area contributed by atoms with Gasteiger partial charge in [0.1, 0.15) is 0 Å². The van der Waals surface area contributed by atoms with Crippen LogP contribution in [-0.4, -0.2) is 25.7 Å². The molecule has 0 radical (unpaired) electrons. The van der Waals surface area contributed by atoms with E-state index in [1.54, 1.807) is 30.3 Å². The van der Waals surface area contributed by atoms with Crippen LogP contribution >= 0.6 is 0 Å². The first-order valence-electron chi connectivity index (χ1n) is 15.9. The number of aromatic nitrogens is 3. The van der Waals surface area contributed by atoms with Crippen LogP contribution in [0.25, 0.3) is 55.6 Å². The molecule has 0 amide bonds. The Hall–Kier alpha value is -6.07. The van der Waals surface area contributed by atoms with E-state index in [0.717, 1.165) is 33.0 Å². The average molecular weight is 606 g/mol. The molecule has 2 aliphatic rings. The van der Waals surface area contributed by atoms with E-state index in [1.807, 2.05) is 24.3 Å². The van der Waals surface area contributed by atoms with E-state index in [9.17, 15) is 9.59 Å². The standard InChI is InChI=1S/C42H27N3O2/c1-42(2)33-18-10-8-14-25(33)29-20-30-26-15-9-11-19-36(26)45(37(30)23-34(29)42)41-43-35-21-31-32(22-38(35)44(41)24-12-4-3-5-13-24)40(47)28-17-7-6-16-27(28)39(31)46/h3-23H,1-2H3. The van der Waals surface area contributed by atoms with Crippen molar-refractivity contribution in [2.24, 2.45) is 0 Å². The summed E-state index contributed by atoms with van der Waals surface area (Å²) in [6, 6.07) is 42.7. The monoisotopic (exact) mass is 605 g/mol. The quantitative estimate of drug-likeness (QED) is 0.197. The van der Waals surface area contributed by atoms with Crippen LogP contribution in [-0.2, 0) is 5.41 Å². The van der Waals surface area contributed by atoms with Crippen molar-refractivity contribution in [1.82, 2.24) is 14.1 Å². The fraction of sp³-hybridized carbons (Fsp3) is 0.0714. The molecule has 0 fully saturated rings. The lowest BCUT2D eigenvalue weighted by Crippen LogP contribution is -2.20. The molecule has 0 saturated heterocycles. The van der Waals surface area contributed by atoms with Gasteiger partial charge in [0.05, 0.1) is 22.1 Å². The van der Waals surface area contributed by atoms with Crippen LogP contribution in [0.4, 0.5) is 0 Å². The van der Waals surface area contributed by atoms with Gasteiger partial charge >= 0.3 is 0 Å². The molecule has 5 heteroatoms. The Labute approximate surface area is 270 Å². The normalized spacial score (nSPS) is 14.4. The fourth-order valence-electron chi connectivity index (χ4n) is 8.02. The van der Waals surface area contributed by atoms with Crippen molar-refractivity contribution in [3.63, 3.8) is 0 Å². The predicted octanol–water partition coefficient (Wildman–Crippen LogP) is 9.20. The molecule has 0 aliphatic heterocycles. The zero-order chi connectivity index (χ0) is 31.6. The van der Waals surface area contributed by atoms with Crippen molar-refractivity contribution in [3.05, 3.63) is 161 Å². The van der Waals surface area contributed by atoms with Crippen molar-refractivity contribution in [2.75, 3.05) is 0 Å². The molecule has 0 unspecified atom stereocenters. The van der Waals surface area contributed by atoms with Gasteiger partial charge in [-0.3, -0.25) is 18.7 Å². The van der Waals surface area contributed by atoms with Crippen molar-refractivity contribution in [2.45, 2.75) is 19.3 Å². The number of rotatable bonds is 2. The summed E-state index contributed by atoms with van der Waals surface area (Å²) in [7, 11) is 0. The molecular formula is C42H27N3O2. The third-order valence-corrected chi connectivity index (χ3v) is 10.3. The highest BCUT2D eigenvalue weighted by Crippen LogP contribution is 2.51. The number of hydrogen-bond acceptors (Lipinski definition) is 3. The Morgan fingerprint density at radius 2 is 1.13 bits per heavy atom. The van der Waals surface area contributed by atoms with Crippen molar-refractivity contribution >= 4 is 44.4 Å². The molecule has 222 valence electrons. The molecule has 6 aromatic carbocycles. The Bertz CT molecular complexity index is 2690. The molecule has 5 nitrogen and oxygen atoms in total. The minimum atomic E-state index is -0.171. The van der Waals surface area contributed by atoms with Gasteiger partial charge in [0.2, 0.25) is 5.95 Å². The smallest absolute Gasteiger partial charge is 0.220 e. The number of hydrogen-bond donors (Lipinski definition) is 0. The maximum Gasteiger partial charge on any atom is 0.220 e. The number of fused-ring (bicyclic) bond motifs is 9. The van der Waals surface area contributed by atoms with Crippen molar-refractivity contribution in [3.8, 4) is 22.8 Å². The van der Waals surface area contributed by atoms with Crippen LogP contribution in [0.2, 0.25) is 0 Å². The zero-order valence-electron chi connectivity index (χ0n) is 25.8. The van der Waals surface area contributed by atoms with E-state index in [4.69, 9.17) is 4.98 Å². The van der Waals surface area contributed by atoms with Crippen LogP contribution in [0.3, 0.4) is 0 Å². The van der Waals surface area contributed by atoms with E-state index in [1.165, 1.54) is 22.3 Å². The molecular weight excluding hydrogens is 578 g/mol. The molecule has 2 heterocycles. The SMILES string of the molecule is CC1(C)c2ccccc2-c2cc3c4ccccc4n(-c4nc5cc6c(cc5n4-c4ccccc4)C(=O)c4ccccc4C6=O)c3cc21. The maximum atomic E-state index is 13.8. The van der Waals surface area contributed by atoms with Gasteiger partial charge in [0, 0.05) is 44.1 Å². The van der Waals surface area contributed by atoms with Gasteiger partial charge in [0.25, 0.3) is 0 Å². The van der Waals surface area contributed by atoms with E-state index in [2.05, 4.69) is 95.8 Å². The summed E-state index contributed by atoms with van der Waals surface area (Å²) >= 11 is 0. The molecule has 2 aliphatic carbocycles. The summed E-state index contributed by atoms with van der Waals surface area (Å²) in [5.41, 5.74) is 11.1. The lowest BCUT2D eigenvalue weighted by Gasteiger charge is -2.21. The number of benzene rings is 6. The third-order valence-electron chi connectivity index (χ3n) is 10.3. The highest BCUT2D eigenvalue weighted by molar-refractivity contribution is 6.29. The van der Waals surface area contributed by atoms with Crippen molar-refractivity contribution < 1.29 is 9.59 Å². The Balaban J connectivity index is 1.32. The molecule has 47 heavy (non-hydrogen) atoms. The van der Waals surface area contributed by atoms with Crippen LogP contribution in [0.1, 0.15) is 56.8 Å². The van der Waals surface area contributed by atoms with Crippen LogP contribution in [0.15, 0.2) is 127 Å². The van der Waals surface area contributed by atoms with Gasteiger partial charge in [0.15, 0.2) is 11.6 Å². The predicted molar refractivity (Wildman–Crippen MR) is 186 cm³/mol. The van der Waals surface area contributed by atoms with Gasteiger partial charge in [-0.05, 0) is 64.7 Å². The summed E-state index contributed by atoms with van der Waals surface area (Å²) in [6.45, 7) is 4.60. The van der Waals surface area contributed by atoms with Gasteiger partial charge < -0.3 is 0 Å². The number of carbonyl (C=O) groups excluding carboxylic acids is 2. The molecule has 10 rings (SSSR count). The second kappa shape index (κ2) is 9.02. The second-order valence-electron chi connectivity index (χ2n) is 13.1. The highest BCUT2D eigenvalue weighted by atomic mass is 16.1. The Kier molecular flexibility index (Phi) is 5.02. The van der Waals surface area contributed by atoms with Crippen LogP contribution in [0.5, 0.6) is 0 Å². The first kappa shape index (κ1) is 26.2. The lowest BCUT2D eigenvalue weighted by atomic mass is 9.82. The zero-order valence-corrected chi connectivity index (χ0v) is 25.8. The number of ketones is 2. The topological polar surface area (TPSA) is 56.9 Å². The van der Waals surface area contributed by atoms with E-state index in [0.29, 0.717) is 33.7 Å². The molecule has 0 bridgehead atoms. The number of carbonyl (C=O) groups is 2. The molecule has 0 saturated carbocycles. The first-order valence-corrected chi connectivity index (χ1v) is 15.9. The molecule has 0 N–H and O–H groups in total. The summed E-state index contributed by atoms with van der Waals surface area (Å²) in [5.74, 6) is 0.404. The largest absolute Gasteiger partial charge is 0.289 e. The van der Waals surface area contributed by atoms with E-state index < -0.39 is 0 Å². The summed E-state index contributed by atoms with van der Waals surface area (Å²) in [6.07, 6.45) is 0. The summed E-state index contributed by atoms with van der Waals surface area (Å²) in [4.78, 5) is 32.8. The molecule has 8 aromatic rings.